The number of alkyl halides is 12. The summed E-state index contributed by atoms with van der Waals surface area (Å²) < 4.78 is 273. The van der Waals surface area contributed by atoms with E-state index in [1.807, 2.05) is 0 Å². The van der Waals surface area contributed by atoms with Crippen molar-refractivity contribution in [2.75, 3.05) is 0 Å². The summed E-state index contributed by atoms with van der Waals surface area (Å²) in [7, 11) is 0. The first-order valence-corrected chi connectivity index (χ1v) is 8.73. The summed E-state index contributed by atoms with van der Waals surface area (Å²) in [6.45, 7) is 0. The maximum atomic E-state index is 14.5. The zero-order chi connectivity index (χ0) is 31.0. The standard InChI is InChI=1S/C18F20O/c19-5-1(4(8(22)10(24)9(5)23)14(27,28)16(31,32)18(36,37)38)3(15(29,30)17(33,34)35)2-6(20)11(25)13(39)12(26)7(2)21. The molecule has 1 nitrogen and oxygen atoms in total. The molecule has 1 aliphatic carbocycles. The summed E-state index contributed by atoms with van der Waals surface area (Å²) in [4.78, 5) is 11.0. The molecule has 0 saturated carbocycles. The number of hydrogen-bond donors (Lipinski definition) is 0. The molecule has 1 aromatic carbocycles. The van der Waals surface area contributed by atoms with Gasteiger partial charge in [-0.2, -0.15) is 61.5 Å². The number of carbonyl (C=O) groups excluding carboxylic acids is 1. The molecule has 21 heteroatoms. The van der Waals surface area contributed by atoms with Gasteiger partial charge in [-0.25, -0.2) is 26.3 Å². The molecule has 2 rings (SSSR count). The zero-order valence-corrected chi connectivity index (χ0v) is 17.0. The minimum Gasteiger partial charge on any atom is -0.283 e. The van der Waals surface area contributed by atoms with Crippen LogP contribution in [0.1, 0.15) is 11.1 Å². The Kier molecular flexibility index (Phi) is 7.48. The quantitative estimate of drug-likeness (QED) is 0.190. The van der Waals surface area contributed by atoms with Crippen LogP contribution in [0.15, 0.2) is 28.9 Å². The lowest BCUT2D eigenvalue weighted by atomic mass is 9.83. The number of benzene rings is 1. The van der Waals surface area contributed by atoms with Crippen molar-refractivity contribution in [2.24, 2.45) is 0 Å². The molecule has 1 aromatic rings. The predicted molar refractivity (Wildman–Crippen MR) is 82.6 cm³/mol. The fourth-order valence-corrected chi connectivity index (χ4v) is 2.91. The largest absolute Gasteiger partial charge is 0.460 e. The van der Waals surface area contributed by atoms with Crippen LogP contribution in [0.4, 0.5) is 87.8 Å². The van der Waals surface area contributed by atoms with Crippen molar-refractivity contribution in [3.63, 3.8) is 0 Å². The molecule has 0 saturated heterocycles. The SMILES string of the molecule is O=C1C(F)=C(F)C(=C(c2c(F)c(F)c(F)c(F)c2C(F)(F)C(F)(F)C(F)(F)F)C(F)(F)C(F)(F)F)C(F)=C1F. The zero-order valence-electron chi connectivity index (χ0n) is 17.0. The van der Waals surface area contributed by atoms with Crippen molar-refractivity contribution in [1.82, 2.24) is 0 Å². The van der Waals surface area contributed by atoms with Gasteiger partial charge in [0.05, 0.1) is 16.7 Å². The van der Waals surface area contributed by atoms with E-state index in [0.29, 0.717) is 0 Å². The summed E-state index contributed by atoms with van der Waals surface area (Å²) in [5.74, 6) is -57.0. The molecule has 0 atom stereocenters. The fourth-order valence-electron chi connectivity index (χ4n) is 2.91. The van der Waals surface area contributed by atoms with Gasteiger partial charge in [0, 0.05) is 5.56 Å². The molecule has 0 bridgehead atoms. The van der Waals surface area contributed by atoms with Crippen LogP contribution in [0.3, 0.4) is 0 Å². The van der Waals surface area contributed by atoms with E-state index in [9.17, 15) is 92.6 Å². The topological polar surface area (TPSA) is 17.1 Å². The Hall–Kier alpha value is -3.29. The molecule has 0 amide bonds. The number of Topliss-reactive ketones (excluding diaryl/α,β-unsaturated/α-hetero) is 1. The maximum absolute atomic E-state index is 14.5. The van der Waals surface area contributed by atoms with Crippen LogP contribution in [0.2, 0.25) is 0 Å². The normalized spacial score (nSPS) is 16.5. The first-order valence-electron chi connectivity index (χ1n) is 8.73. The first-order chi connectivity index (χ1) is 17.2. The van der Waals surface area contributed by atoms with E-state index in [0.717, 1.165) is 0 Å². The van der Waals surface area contributed by atoms with Crippen molar-refractivity contribution < 1.29 is 92.6 Å². The fraction of sp³-hybridized carbons (Fsp3) is 0.278. The Morgan fingerprint density at radius 2 is 0.872 bits per heavy atom. The third kappa shape index (κ3) is 4.42. The highest BCUT2D eigenvalue weighted by atomic mass is 19.4. The van der Waals surface area contributed by atoms with Crippen LogP contribution in [0.25, 0.3) is 5.57 Å². The maximum Gasteiger partial charge on any atom is 0.460 e. The van der Waals surface area contributed by atoms with E-state index in [1.165, 1.54) is 0 Å². The van der Waals surface area contributed by atoms with Crippen LogP contribution in [-0.4, -0.2) is 30.0 Å². The summed E-state index contributed by atoms with van der Waals surface area (Å²) >= 11 is 0. The molecule has 0 heterocycles. The van der Waals surface area contributed by atoms with Crippen molar-refractivity contribution in [3.8, 4) is 0 Å². The van der Waals surface area contributed by atoms with Gasteiger partial charge in [-0.3, -0.25) is 4.79 Å². The Balaban J connectivity index is 3.48. The average Bonchev–Trinajstić information content (AvgIpc) is 2.78. The smallest absolute Gasteiger partial charge is 0.283 e. The van der Waals surface area contributed by atoms with Crippen molar-refractivity contribution in [1.29, 1.82) is 0 Å². The predicted octanol–water partition coefficient (Wildman–Crippen LogP) is 8.37. The number of carbonyl (C=O) groups is 1. The molecule has 0 spiro atoms. The molecule has 0 aliphatic heterocycles. The van der Waals surface area contributed by atoms with Crippen LogP contribution in [0.5, 0.6) is 0 Å². The summed E-state index contributed by atoms with van der Waals surface area (Å²) in [5.41, 5.74) is -17.1. The van der Waals surface area contributed by atoms with E-state index in [4.69, 9.17) is 0 Å². The minimum atomic E-state index is -7.89. The van der Waals surface area contributed by atoms with E-state index in [1.54, 1.807) is 0 Å². The first kappa shape index (κ1) is 31.9. The van der Waals surface area contributed by atoms with Gasteiger partial charge in [0.15, 0.2) is 34.9 Å². The lowest BCUT2D eigenvalue weighted by Gasteiger charge is -2.33. The lowest BCUT2D eigenvalue weighted by Crippen LogP contribution is -2.51. The molecule has 0 unspecified atom stereocenters. The van der Waals surface area contributed by atoms with Crippen LogP contribution < -0.4 is 0 Å². The van der Waals surface area contributed by atoms with Crippen LogP contribution in [0, 0.1) is 23.3 Å². The lowest BCUT2D eigenvalue weighted by molar-refractivity contribution is -0.360. The number of halogens is 20. The second kappa shape index (κ2) is 9.14. The third-order valence-corrected chi connectivity index (χ3v) is 4.72. The van der Waals surface area contributed by atoms with E-state index < -0.39 is 105 Å². The Bertz CT molecular complexity index is 1310. The minimum absolute atomic E-state index is 3.14. The number of hydrogen-bond acceptors (Lipinski definition) is 1. The monoisotopic (exact) mass is 612 g/mol. The van der Waals surface area contributed by atoms with Crippen molar-refractivity contribution in [3.05, 3.63) is 63.3 Å². The van der Waals surface area contributed by atoms with Gasteiger partial charge in [0.1, 0.15) is 0 Å². The molecule has 1 aliphatic rings. The highest BCUT2D eigenvalue weighted by molar-refractivity contribution is 6.09. The highest BCUT2D eigenvalue weighted by Crippen LogP contribution is 2.58. The van der Waals surface area contributed by atoms with Crippen molar-refractivity contribution >= 4 is 11.4 Å². The molecule has 0 N–H and O–H groups in total. The second-order valence-corrected chi connectivity index (χ2v) is 7.06. The molecule has 0 aromatic heterocycles. The van der Waals surface area contributed by atoms with Crippen molar-refractivity contribution in [2.45, 2.75) is 30.1 Å². The van der Waals surface area contributed by atoms with Gasteiger partial charge in [-0.15, -0.1) is 0 Å². The van der Waals surface area contributed by atoms with Crippen LogP contribution >= 0.6 is 0 Å². The van der Waals surface area contributed by atoms with Gasteiger partial charge in [0.2, 0.25) is 11.7 Å². The van der Waals surface area contributed by atoms with Gasteiger partial charge in [-0.05, 0) is 0 Å². The van der Waals surface area contributed by atoms with E-state index in [-0.39, 0.29) is 0 Å². The molecule has 0 radical (unpaired) electrons. The molecular formula is C18F20O. The molecule has 218 valence electrons. The highest BCUT2D eigenvalue weighted by Gasteiger charge is 2.76. The van der Waals surface area contributed by atoms with Gasteiger partial charge in [-0.1, -0.05) is 0 Å². The number of allylic oxidation sites excluding steroid dienone is 6. The Morgan fingerprint density at radius 1 is 0.487 bits per heavy atom. The summed E-state index contributed by atoms with van der Waals surface area (Å²) in [6, 6.07) is 0. The third-order valence-electron chi connectivity index (χ3n) is 4.72. The molecule has 0 fully saturated rings. The summed E-state index contributed by atoms with van der Waals surface area (Å²) in [6.07, 6.45) is -15.3. The van der Waals surface area contributed by atoms with Crippen LogP contribution in [-0.2, 0) is 10.7 Å². The van der Waals surface area contributed by atoms with Gasteiger partial charge < -0.3 is 0 Å². The average molecular weight is 612 g/mol. The molecular weight excluding hydrogens is 612 g/mol. The number of ketones is 1. The van der Waals surface area contributed by atoms with E-state index in [2.05, 4.69) is 0 Å². The Morgan fingerprint density at radius 3 is 1.23 bits per heavy atom. The Labute approximate surface area is 198 Å². The summed E-state index contributed by atoms with van der Waals surface area (Å²) in [5, 5.41) is 0. The van der Waals surface area contributed by atoms with Gasteiger partial charge in [0.25, 0.3) is 5.78 Å². The second-order valence-electron chi connectivity index (χ2n) is 7.06. The molecule has 39 heavy (non-hydrogen) atoms. The van der Waals surface area contributed by atoms with Gasteiger partial charge >= 0.3 is 30.1 Å². The van der Waals surface area contributed by atoms with E-state index >= 15 is 0 Å². The number of rotatable bonds is 4.